The van der Waals surface area contributed by atoms with Gasteiger partial charge in [0, 0.05) is 11.3 Å². The van der Waals surface area contributed by atoms with E-state index >= 15 is 0 Å². The van der Waals surface area contributed by atoms with Crippen LogP contribution < -0.4 is 0 Å². The molecule has 102 valence electrons. The summed E-state index contributed by atoms with van der Waals surface area (Å²) in [5.41, 5.74) is 3.15. The molecule has 0 N–H and O–H groups in total. The lowest BCUT2D eigenvalue weighted by Crippen LogP contribution is -2.19. The lowest BCUT2D eigenvalue weighted by atomic mass is 9.76. The summed E-state index contributed by atoms with van der Waals surface area (Å²) in [5.74, 6) is 1.38. The third-order valence-electron chi connectivity index (χ3n) is 5.98. The molecule has 0 heterocycles. The second-order valence-corrected chi connectivity index (χ2v) is 8.21. The largest absolute Gasteiger partial charge is 0.127 e. The van der Waals surface area contributed by atoms with Crippen LogP contribution in [0.25, 0.3) is 0 Å². The molecule has 6 aliphatic rings. The van der Waals surface area contributed by atoms with Crippen molar-refractivity contribution >= 4 is 23.2 Å². The fourth-order valence-corrected chi connectivity index (χ4v) is 5.69. The van der Waals surface area contributed by atoms with Crippen LogP contribution in [0, 0.1) is 17.3 Å². The summed E-state index contributed by atoms with van der Waals surface area (Å²) < 4.78 is -0.436. The summed E-state index contributed by atoms with van der Waals surface area (Å²) in [6, 6.07) is 9.20. The van der Waals surface area contributed by atoms with E-state index in [-0.39, 0.29) is 5.41 Å². The first-order chi connectivity index (χ1) is 9.12. The van der Waals surface area contributed by atoms with E-state index in [1.54, 1.807) is 0 Å². The zero-order valence-corrected chi connectivity index (χ0v) is 12.7. The van der Waals surface area contributed by atoms with E-state index in [9.17, 15) is 0 Å². The van der Waals surface area contributed by atoms with Crippen LogP contribution in [0.3, 0.4) is 0 Å². The number of hydrogen-bond donors (Lipinski definition) is 0. The molecule has 0 radical (unpaired) electrons. The van der Waals surface area contributed by atoms with E-state index in [4.69, 9.17) is 23.2 Å². The van der Waals surface area contributed by atoms with Gasteiger partial charge in [0.15, 0.2) is 0 Å². The summed E-state index contributed by atoms with van der Waals surface area (Å²) in [5, 5.41) is 0. The van der Waals surface area contributed by atoms with Crippen molar-refractivity contribution in [3.05, 3.63) is 35.4 Å². The Morgan fingerprint density at radius 2 is 1.58 bits per heavy atom. The van der Waals surface area contributed by atoms with Crippen molar-refractivity contribution in [1.29, 1.82) is 0 Å². The minimum absolute atomic E-state index is 0.227. The molecule has 0 aromatic heterocycles. The molecule has 19 heavy (non-hydrogen) atoms. The van der Waals surface area contributed by atoms with Crippen LogP contribution in [-0.4, -0.2) is 4.33 Å². The van der Waals surface area contributed by atoms with E-state index < -0.39 is 4.33 Å². The number of alkyl halides is 2. The highest BCUT2D eigenvalue weighted by molar-refractivity contribution is 6.51. The Hall–Kier alpha value is -0.200. The molecule has 0 nitrogen and oxygen atoms in total. The van der Waals surface area contributed by atoms with Crippen LogP contribution in [0.2, 0.25) is 0 Å². The number of aryl methyl sites for hydroxylation is 2. The maximum Gasteiger partial charge on any atom is 0.127 e. The highest BCUT2D eigenvalue weighted by Gasteiger charge is 2.75. The minimum atomic E-state index is -0.436. The maximum atomic E-state index is 6.65. The normalized spacial score (nSPS) is 39.3. The molecule has 1 aromatic carbocycles. The maximum absolute atomic E-state index is 6.65. The predicted octanol–water partition coefficient (Wildman–Crippen LogP) is 5.16. The SMILES string of the molecule is ClC1(Cl)C2CC3CCc4ccc(cc4)CCC21CC3. The van der Waals surface area contributed by atoms with E-state index in [1.807, 2.05) is 0 Å². The summed E-state index contributed by atoms with van der Waals surface area (Å²) in [6.45, 7) is 0. The molecule has 0 saturated heterocycles. The third kappa shape index (κ3) is 1.79. The zero-order valence-electron chi connectivity index (χ0n) is 11.2. The fraction of sp³-hybridized carbons (Fsp3) is 0.647. The quantitative estimate of drug-likeness (QED) is 0.580. The van der Waals surface area contributed by atoms with E-state index in [1.165, 1.54) is 43.2 Å². The van der Waals surface area contributed by atoms with Crippen LogP contribution in [-0.2, 0) is 12.8 Å². The number of benzene rings is 1. The number of hydrogen-bond acceptors (Lipinski definition) is 0. The molecule has 0 amide bonds. The van der Waals surface area contributed by atoms with Crippen LogP contribution in [0.1, 0.15) is 43.2 Å². The average molecular weight is 295 g/mol. The second kappa shape index (κ2) is 4.15. The molecular formula is C17H20Cl2. The van der Waals surface area contributed by atoms with Gasteiger partial charge in [-0.1, -0.05) is 24.3 Å². The van der Waals surface area contributed by atoms with Gasteiger partial charge >= 0.3 is 0 Å². The summed E-state index contributed by atoms with van der Waals surface area (Å²) >= 11 is 13.3. The first-order valence-electron chi connectivity index (χ1n) is 7.57. The Labute approximate surface area is 125 Å². The molecule has 6 aliphatic carbocycles. The van der Waals surface area contributed by atoms with Gasteiger partial charge in [0.1, 0.15) is 4.33 Å². The van der Waals surface area contributed by atoms with Crippen LogP contribution >= 0.6 is 23.2 Å². The molecule has 4 bridgehead atoms. The van der Waals surface area contributed by atoms with Crippen molar-refractivity contribution in [3.63, 3.8) is 0 Å². The summed E-state index contributed by atoms with van der Waals surface area (Å²) in [6.07, 6.45) is 8.62. The average Bonchev–Trinajstić information content (AvgIpc) is 2.89. The fourth-order valence-electron chi connectivity index (χ4n) is 4.56. The lowest BCUT2D eigenvalue weighted by molar-refractivity contribution is 0.240. The van der Waals surface area contributed by atoms with Crippen LogP contribution in [0.4, 0.5) is 0 Å². The van der Waals surface area contributed by atoms with Gasteiger partial charge in [0.05, 0.1) is 0 Å². The first kappa shape index (κ1) is 12.5. The van der Waals surface area contributed by atoms with Gasteiger partial charge in [-0.05, 0) is 62.0 Å². The van der Waals surface area contributed by atoms with Gasteiger partial charge in [0.25, 0.3) is 0 Å². The predicted molar refractivity (Wildman–Crippen MR) is 80.8 cm³/mol. The van der Waals surface area contributed by atoms with E-state index in [0.717, 1.165) is 18.8 Å². The standard InChI is InChI=1S/C17H20Cl2/c18-17(19)15-11-14-6-5-12-1-3-13(4-2-12)7-9-16(15,17)10-8-14/h1-4,14-15H,5-11H2. The van der Waals surface area contributed by atoms with E-state index in [2.05, 4.69) is 24.3 Å². The van der Waals surface area contributed by atoms with Crippen molar-refractivity contribution < 1.29 is 0 Å². The highest BCUT2D eigenvalue weighted by atomic mass is 35.5. The molecule has 2 fully saturated rings. The van der Waals surface area contributed by atoms with Crippen molar-refractivity contribution in [3.8, 4) is 0 Å². The highest BCUT2D eigenvalue weighted by Crippen LogP contribution is 2.77. The van der Waals surface area contributed by atoms with Crippen molar-refractivity contribution in [2.75, 3.05) is 0 Å². The molecule has 1 spiro atoms. The number of rotatable bonds is 0. The molecule has 3 atom stereocenters. The van der Waals surface area contributed by atoms with Crippen LogP contribution in [0.5, 0.6) is 0 Å². The van der Waals surface area contributed by atoms with Gasteiger partial charge < -0.3 is 0 Å². The summed E-state index contributed by atoms with van der Waals surface area (Å²) in [4.78, 5) is 0. The monoisotopic (exact) mass is 294 g/mol. The van der Waals surface area contributed by atoms with Crippen molar-refractivity contribution in [2.24, 2.45) is 17.3 Å². The molecular weight excluding hydrogens is 275 g/mol. The topological polar surface area (TPSA) is 0 Å². The zero-order chi connectivity index (χ0) is 13.1. The Morgan fingerprint density at radius 3 is 2.26 bits per heavy atom. The van der Waals surface area contributed by atoms with Gasteiger partial charge in [-0.25, -0.2) is 0 Å². The second-order valence-electron chi connectivity index (χ2n) is 6.83. The molecule has 3 unspecified atom stereocenters. The first-order valence-corrected chi connectivity index (χ1v) is 8.33. The van der Waals surface area contributed by atoms with Gasteiger partial charge in [-0.2, -0.15) is 0 Å². The van der Waals surface area contributed by atoms with Crippen LogP contribution in [0.15, 0.2) is 24.3 Å². The molecule has 1 aromatic rings. The van der Waals surface area contributed by atoms with Gasteiger partial charge in [-0.15, -0.1) is 23.2 Å². The minimum Gasteiger partial charge on any atom is -0.101 e. The molecule has 7 rings (SSSR count). The smallest absolute Gasteiger partial charge is 0.101 e. The Kier molecular flexibility index (Phi) is 2.74. The third-order valence-corrected chi connectivity index (χ3v) is 7.26. The Balaban J connectivity index is 1.67. The van der Waals surface area contributed by atoms with Crippen molar-refractivity contribution in [1.82, 2.24) is 0 Å². The lowest BCUT2D eigenvalue weighted by Gasteiger charge is -2.28. The summed E-state index contributed by atoms with van der Waals surface area (Å²) in [7, 11) is 0. The molecule has 2 heteroatoms. The van der Waals surface area contributed by atoms with E-state index in [0.29, 0.717) is 5.92 Å². The Bertz CT molecular complexity index is 490. The Morgan fingerprint density at radius 1 is 0.895 bits per heavy atom. The van der Waals surface area contributed by atoms with Gasteiger partial charge in [-0.3, -0.25) is 0 Å². The van der Waals surface area contributed by atoms with Crippen molar-refractivity contribution in [2.45, 2.75) is 49.3 Å². The van der Waals surface area contributed by atoms with Gasteiger partial charge in [0.2, 0.25) is 0 Å². The molecule has 0 aliphatic heterocycles. The number of halogens is 2. The molecule has 2 saturated carbocycles.